The number of aryl methyl sites for hydroxylation is 4. The van der Waals surface area contributed by atoms with Gasteiger partial charge in [0.1, 0.15) is 0 Å². The largest absolute Gasteiger partial charge is 0.306 e. The van der Waals surface area contributed by atoms with Crippen molar-refractivity contribution in [3.05, 3.63) is 90.3 Å². The van der Waals surface area contributed by atoms with Crippen molar-refractivity contribution in [2.24, 2.45) is 11.8 Å². The van der Waals surface area contributed by atoms with Gasteiger partial charge in [-0.2, -0.15) is 0 Å². The van der Waals surface area contributed by atoms with Crippen LogP contribution in [-0.4, -0.2) is 34.7 Å². The van der Waals surface area contributed by atoms with E-state index in [2.05, 4.69) is 114 Å². The van der Waals surface area contributed by atoms with Gasteiger partial charge in [0.2, 0.25) is 0 Å². The van der Waals surface area contributed by atoms with Crippen molar-refractivity contribution in [2.45, 2.75) is 274 Å². The molecule has 5 aromatic heterocycles. The first kappa shape index (κ1) is 65.5. The highest BCUT2D eigenvalue weighted by Gasteiger charge is 2.50. The second-order valence-corrected chi connectivity index (χ2v) is 30.1. The third kappa shape index (κ3) is 18.7. The first-order valence-electron chi connectivity index (χ1n) is 33.3. The summed E-state index contributed by atoms with van der Waals surface area (Å²) in [4.78, 5) is 49.1. The summed E-state index contributed by atoms with van der Waals surface area (Å²) in [7, 11) is 0. The summed E-state index contributed by atoms with van der Waals surface area (Å²) in [6, 6.07) is 18.7. The highest BCUT2D eigenvalue weighted by molar-refractivity contribution is 7.28. The van der Waals surface area contributed by atoms with E-state index in [1.54, 1.807) is 11.3 Å². The molecule has 2 aliphatic heterocycles. The maximum Gasteiger partial charge on any atom is 0.261 e. The Morgan fingerprint density at radius 3 is 1.16 bits per heavy atom. The summed E-state index contributed by atoms with van der Waals surface area (Å²) < 4.78 is 0. The first-order valence-corrected chi connectivity index (χ1v) is 37.3. The average Bonchev–Trinajstić information content (AvgIpc) is 4.49. The summed E-state index contributed by atoms with van der Waals surface area (Å²) in [5.41, 5.74) is 6.11. The zero-order valence-corrected chi connectivity index (χ0v) is 56.1. The van der Waals surface area contributed by atoms with Gasteiger partial charge < -0.3 is 9.80 Å². The predicted octanol–water partition coefficient (Wildman–Crippen LogP) is 24.3. The molecule has 0 saturated carbocycles. The molecule has 446 valence electrons. The Morgan fingerprint density at radius 2 is 0.704 bits per heavy atom. The Balaban J connectivity index is 1.29. The van der Waals surface area contributed by atoms with Gasteiger partial charge in [-0.25, -0.2) is 0 Å². The minimum absolute atomic E-state index is 0.0510. The van der Waals surface area contributed by atoms with Crippen LogP contribution in [0.4, 0.5) is 0 Å². The van der Waals surface area contributed by atoms with Crippen LogP contribution in [-0.2, 0) is 22.4 Å². The Bertz CT molecular complexity index is 2720. The molecule has 9 heteroatoms. The Labute approximate surface area is 513 Å². The molecule has 7 rings (SSSR count). The lowest BCUT2D eigenvalue weighted by Gasteiger charge is -2.29. The first-order chi connectivity index (χ1) is 39.6. The van der Waals surface area contributed by atoms with Crippen molar-refractivity contribution >= 4 is 79.9 Å². The van der Waals surface area contributed by atoms with E-state index in [-0.39, 0.29) is 11.8 Å². The molecule has 81 heavy (non-hydrogen) atoms. The van der Waals surface area contributed by atoms with Gasteiger partial charge in [0.25, 0.3) is 11.8 Å². The van der Waals surface area contributed by atoms with Crippen LogP contribution in [0.5, 0.6) is 0 Å². The molecule has 0 radical (unpaired) electrons. The SMILES string of the molecule is CCCCCCCCC(CCCCCC)CN1C(=O)C2=C(c3ccc(-c4cc(CCCCCC)c(-c5ccc(-c6sc(C)cc6CCCCCC)s5)s4)s3)N(CC(CCCCCC)CCCCCCCC)C(=O)C2=C1c1ccc(C)s1. The van der Waals surface area contributed by atoms with Crippen LogP contribution < -0.4 is 0 Å². The number of thiophene rings is 5. The summed E-state index contributed by atoms with van der Waals surface area (Å²) in [6.07, 6.45) is 42.0. The van der Waals surface area contributed by atoms with Crippen LogP contribution in [0.2, 0.25) is 0 Å². The van der Waals surface area contributed by atoms with Crippen LogP contribution in [0, 0.1) is 25.7 Å². The Hall–Kier alpha value is -3.08. The molecule has 4 nitrogen and oxygen atoms in total. The van der Waals surface area contributed by atoms with Gasteiger partial charge in [-0.15, -0.1) is 56.7 Å². The summed E-state index contributed by atoms with van der Waals surface area (Å²) in [5, 5.41) is 0. The number of carbonyl (C=O) groups is 2. The van der Waals surface area contributed by atoms with E-state index in [0.717, 1.165) is 59.7 Å². The molecule has 2 atom stereocenters. The van der Waals surface area contributed by atoms with Crippen molar-refractivity contribution in [3.8, 4) is 29.3 Å². The lowest BCUT2D eigenvalue weighted by Crippen LogP contribution is -2.34. The van der Waals surface area contributed by atoms with Gasteiger partial charge in [0.05, 0.1) is 32.3 Å². The summed E-state index contributed by atoms with van der Waals surface area (Å²) in [6.45, 7) is 19.6. The fourth-order valence-corrected chi connectivity index (χ4v) is 18.4. The van der Waals surface area contributed by atoms with Gasteiger partial charge in [0.15, 0.2) is 0 Å². The number of unbranched alkanes of at least 4 members (excludes halogenated alkanes) is 22. The van der Waals surface area contributed by atoms with Gasteiger partial charge in [-0.1, -0.05) is 208 Å². The molecule has 2 unspecified atom stereocenters. The van der Waals surface area contributed by atoms with Gasteiger partial charge in [0, 0.05) is 52.1 Å². The predicted molar refractivity (Wildman–Crippen MR) is 361 cm³/mol. The Kier molecular flexibility index (Phi) is 28.6. The minimum Gasteiger partial charge on any atom is -0.306 e. The van der Waals surface area contributed by atoms with Crippen LogP contribution in [0.15, 0.2) is 59.7 Å². The van der Waals surface area contributed by atoms with Crippen molar-refractivity contribution < 1.29 is 9.59 Å². The lowest BCUT2D eigenvalue weighted by molar-refractivity contribution is -0.124. The highest BCUT2D eigenvalue weighted by atomic mass is 32.1. The molecule has 7 heterocycles. The van der Waals surface area contributed by atoms with Crippen LogP contribution >= 0.6 is 56.7 Å². The second-order valence-electron chi connectivity index (χ2n) is 24.4. The molecule has 0 spiro atoms. The molecule has 2 amide bonds. The van der Waals surface area contributed by atoms with Crippen molar-refractivity contribution in [3.63, 3.8) is 0 Å². The van der Waals surface area contributed by atoms with E-state index >= 15 is 9.59 Å². The zero-order valence-electron chi connectivity index (χ0n) is 52.0. The van der Waals surface area contributed by atoms with E-state index in [1.807, 2.05) is 45.3 Å². The molecular formula is C72H106N2O2S5. The van der Waals surface area contributed by atoms with Gasteiger partial charge in [-0.3, -0.25) is 9.59 Å². The standard InChI is InChI=1S/C72H106N2O2S5/c1-9-15-21-27-29-33-39-55(37-31-23-17-11-3)51-73-67(60-44-43-53(7)77-60)65-66(72(73)76)68(74(71(65)75)52-56(38-32-24-18-12-4)40-34-30-28-22-16-10-2)61-46-45-59(79-61)64-50-58(42-36-26-20-14-6)70(81-64)63-48-47-62(80-63)69-57(49-54(8)78-69)41-35-25-19-13-5/h43-50,55-56H,9-42,51-52H2,1-8H3. The molecule has 0 bridgehead atoms. The Morgan fingerprint density at radius 1 is 0.346 bits per heavy atom. The van der Waals surface area contributed by atoms with Crippen molar-refractivity contribution in [2.75, 3.05) is 13.1 Å². The third-order valence-electron chi connectivity index (χ3n) is 17.4. The van der Waals surface area contributed by atoms with E-state index < -0.39 is 0 Å². The molecule has 5 aromatic rings. The maximum absolute atomic E-state index is 15.9. The maximum atomic E-state index is 15.9. The highest BCUT2D eigenvalue weighted by Crippen LogP contribution is 2.52. The van der Waals surface area contributed by atoms with E-state index in [1.165, 1.54) is 230 Å². The molecule has 0 aromatic carbocycles. The smallest absolute Gasteiger partial charge is 0.261 e. The van der Waals surface area contributed by atoms with E-state index in [4.69, 9.17) is 0 Å². The zero-order chi connectivity index (χ0) is 57.3. The number of carbonyl (C=O) groups excluding carboxylic acids is 2. The van der Waals surface area contributed by atoms with Crippen molar-refractivity contribution in [1.82, 2.24) is 9.80 Å². The number of hydrogen-bond donors (Lipinski definition) is 0. The van der Waals surface area contributed by atoms with E-state index in [9.17, 15) is 0 Å². The summed E-state index contributed by atoms with van der Waals surface area (Å²) >= 11 is 9.47. The monoisotopic (exact) mass is 1190 g/mol. The number of fused-ring (bicyclic) bond motifs is 1. The molecule has 0 fully saturated rings. The number of rotatable bonds is 43. The van der Waals surface area contributed by atoms with Crippen LogP contribution in [0.25, 0.3) is 40.7 Å². The minimum atomic E-state index is 0.0510. The molecule has 0 N–H and O–H groups in total. The second kappa shape index (κ2) is 35.4. The fourth-order valence-electron chi connectivity index (χ4n) is 12.7. The number of amides is 2. The molecule has 0 aliphatic carbocycles. The normalized spacial score (nSPS) is 14.5. The number of nitrogens with zero attached hydrogens (tertiary/aromatic N) is 2. The quantitative estimate of drug-likeness (QED) is 0.0365. The fraction of sp³-hybridized carbons (Fsp3) is 0.639. The molecule has 0 saturated heterocycles. The topological polar surface area (TPSA) is 40.6 Å². The van der Waals surface area contributed by atoms with Crippen molar-refractivity contribution in [1.29, 1.82) is 0 Å². The van der Waals surface area contributed by atoms with Crippen LogP contribution in [0.3, 0.4) is 0 Å². The molecule has 2 aliphatic rings. The number of hydrogen-bond acceptors (Lipinski definition) is 7. The molecular weight excluding hydrogens is 1090 g/mol. The van der Waals surface area contributed by atoms with Gasteiger partial charge in [-0.05, 0) is 137 Å². The lowest BCUT2D eigenvalue weighted by atomic mass is 9.93. The van der Waals surface area contributed by atoms with Gasteiger partial charge >= 0.3 is 0 Å². The average molecular weight is 1190 g/mol. The van der Waals surface area contributed by atoms with Crippen LogP contribution in [0.1, 0.15) is 278 Å². The third-order valence-corrected chi connectivity index (χ3v) is 23.4. The van der Waals surface area contributed by atoms with E-state index in [0.29, 0.717) is 36.1 Å². The summed E-state index contributed by atoms with van der Waals surface area (Å²) in [5.74, 6) is 0.887.